The van der Waals surface area contributed by atoms with Crippen molar-refractivity contribution in [1.29, 1.82) is 0 Å². The molecular weight excluding hydrogens is 166 g/mol. The van der Waals surface area contributed by atoms with Gasteiger partial charge in [-0.1, -0.05) is 6.92 Å². The summed E-state index contributed by atoms with van der Waals surface area (Å²) >= 11 is 0. The normalized spacial score (nSPS) is 13.1. The molecule has 0 fully saturated rings. The Morgan fingerprint density at radius 2 is 2.54 bits per heavy atom. The van der Waals surface area contributed by atoms with E-state index in [1.807, 2.05) is 12.4 Å². The highest BCUT2D eigenvalue weighted by Crippen LogP contribution is 1.96. The van der Waals surface area contributed by atoms with Crippen molar-refractivity contribution >= 4 is 0 Å². The van der Waals surface area contributed by atoms with Crippen molar-refractivity contribution in [3.8, 4) is 0 Å². The zero-order valence-electron chi connectivity index (χ0n) is 8.21. The zero-order valence-corrected chi connectivity index (χ0v) is 8.21. The molecule has 0 aliphatic heterocycles. The maximum atomic E-state index is 5.08. The van der Waals surface area contributed by atoms with Gasteiger partial charge < -0.3 is 10.1 Å². The number of aromatic nitrogens is 2. The number of hydrogen-bond donors (Lipinski definition) is 2. The molecule has 0 aliphatic carbocycles. The maximum absolute atomic E-state index is 5.08. The summed E-state index contributed by atoms with van der Waals surface area (Å²) in [5.74, 6) is 0. The molecule has 0 saturated heterocycles. The minimum Gasteiger partial charge on any atom is -0.383 e. The van der Waals surface area contributed by atoms with Gasteiger partial charge in [0.25, 0.3) is 0 Å². The molecule has 1 aromatic heterocycles. The van der Waals surface area contributed by atoms with E-state index >= 15 is 0 Å². The summed E-state index contributed by atoms with van der Waals surface area (Å²) in [4.78, 5) is 0. The van der Waals surface area contributed by atoms with Gasteiger partial charge in [0, 0.05) is 31.5 Å². The fourth-order valence-electron chi connectivity index (χ4n) is 1.16. The van der Waals surface area contributed by atoms with Crippen molar-refractivity contribution in [1.82, 2.24) is 15.5 Å². The summed E-state index contributed by atoms with van der Waals surface area (Å²) in [7, 11) is 1.72. The van der Waals surface area contributed by atoms with Crippen molar-refractivity contribution < 1.29 is 4.74 Å². The molecule has 74 valence electrons. The van der Waals surface area contributed by atoms with Crippen LogP contribution in [-0.4, -0.2) is 30.0 Å². The molecule has 0 aliphatic rings. The van der Waals surface area contributed by atoms with E-state index in [2.05, 4.69) is 22.4 Å². The van der Waals surface area contributed by atoms with Gasteiger partial charge >= 0.3 is 0 Å². The van der Waals surface area contributed by atoms with Gasteiger partial charge in [-0.05, 0) is 6.42 Å². The van der Waals surface area contributed by atoms with Gasteiger partial charge in [0.05, 0.1) is 12.8 Å². The second kappa shape index (κ2) is 5.72. The predicted molar refractivity (Wildman–Crippen MR) is 51.4 cm³/mol. The van der Waals surface area contributed by atoms with E-state index in [9.17, 15) is 0 Å². The van der Waals surface area contributed by atoms with E-state index < -0.39 is 0 Å². The van der Waals surface area contributed by atoms with Gasteiger partial charge in [-0.2, -0.15) is 5.10 Å². The Morgan fingerprint density at radius 1 is 1.69 bits per heavy atom. The van der Waals surface area contributed by atoms with Crippen LogP contribution in [0.2, 0.25) is 0 Å². The summed E-state index contributed by atoms with van der Waals surface area (Å²) in [5.41, 5.74) is 1.18. The Kier molecular flexibility index (Phi) is 4.49. The van der Waals surface area contributed by atoms with Gasteiger partial charge in [-0.25, -0.2) is 0 Å². The molecular formula is C9H17N3O. The van der Waals surface area contributed by atoms with Crippen LogP contribution in [0, 0.1) is 0 Å². The first-order valence-electron chi connectivity index (χ1n) is 4.56. The molecule has 4 heteroatoms. The van der Waals surface area contributed by atoms with Crippen LogP contribution in [0.1, 0.15) is 18.9 Å². The van der Waals surface area contributed by atoms with Crippen molar-refractivity contribution in [3.05, 3.63) is 18.0 Å². The van der Waals surface area contributed by atoms with E-state index in [-0.39, 0.29) is 0 Å². The van der Waals surface area contributed by atoms with Crippen molar-refractivity contribution in [2.75, 3.05) is 13.7 Å². The number of hydrogen-bond acceptors (Lipinski definition) is 3. The lowest BCUT2D eigenvalue weighted by molar-refractivity contribution is 0.164. The summed E-state index contributed by atoms with van der Waals surface area (Å²) in [6, 6.07) is 0.430. The number of nitrogens with one attached hydrogen (secondary N) is 2. The van der Waals surface area contributed by atoms with E-state index in [1.54, 1.807) is 7.11 Å². The summed E-state index contributed by atoms with van der Waals surface area (Å²) < 4.78 is 5.08. The number of aromatic amines is 1. The number of ether oxygens (including phenoxy) is 1. The highest BCUT2D eigenvalue weighted by atomic mass is 16.5. The Balaban J connectivity index is 2.23. The molecule has 1 rings (SSSR count). The highest BCUT2D eigenvalue weighted by molar-refractivity contribution is 5.01. The van der Waals surface area contributed by atoms with Gasteiger partial charge in [0.2, 0.25) is 0 Å². The average Bonchev–Trinajstić information content (AvgIpc) is 2.64. The predicted octanol–water partition coefficient (Wildman–Crippen LogP) is 0.924. The highest BCUT2D eigenvalue weighted by Gasteiger charge is 2.04. The molecule has 0 bridgehead atoms. The number of methoxy groups -OCH3 is 1. The van der Waals surface area contributed by atoms with E-state index in [0.29, 0.717) is 6.04 Å². The summed E-state index contributed by atoms with van der Waals surface area (Å²) in [6.07, 6.45) is 4.80. The number of H-pyrrole nitrogens is 1. The van der Waals surface area contributed by atoms with Crippen LogP contribution < -0.4 is 5.32 Å². The van der Waals surface area contributed by atoms with Crippen molar-refractivity contribution in [2.24, 2.45) is 0 Å². The molecule has 0 saturated carbocycles. The Labute approximate surface area is 78.7 Å². The molecule has 13 heavy (non-hydrogen) atoms. The number of nitrogens with zero attached hydrogens (tertiary/aromatic N) is 1. The third-order valence-corrected chi connectivity index (χ3v) is 2.01. The van der Waals surface area contributed by atoms with Gasteiger partial charge in [0.1, 0.15) is 0 Å². The van der Waals surface area contributed by atoms with E-state index in [1.165, 1.54) is 5.56 Å². The fraction of sp³-hybridized carbons (Fsp3) is 0.667. The maximum Gasteiger partial charge on any atom is 0.0615 e. The zero-order chi connectivity index (χ0) is 9.52. The monoisotopic (exact) mass is 183 g/mol. The van der Waals surface area contributed by atoms with E-state index in [0.717, 1.165) is 19.6 Å². The molecule has 1 aromatic rings. The smallest absolute Gasteiger partial charge is 0.0615 e. The van der Waals surface area contributed by atoms with Crippen LogP contribution in [-0.2, 0) is 11.3 Å². The van der Waals surface area contributed by atoms with Crippen molar-refractivity contribution in [3.63, 3.8) is 0 Å². The second-order valence-electron chi connectivity index (χ2n) is 3.05. The molecule has 0 aromatic carbocycles. The number of rotatable bonds is 6. The van der Waals surface area contributed by atoms with Crippen LogP contribution in [0.3, 0.4) is 0 Å². The van der Waals surface area contributed by atoms with Crippen molar-refractivity contribution in [2.45, 2.75) is 25.9 Å². The SMILES string of the molecule is CCC(COC)NCc1cn[nH]c1. The summed E-state index contributed by atoms with van der Waals surface area (Å²) in [6.45, 7) is 3.75. The Bertz CT molecular complexity index is 211. The molecule has 0 spiro atoms. The lowest BCUT2D eigenvalue weighted by Gasteiger charge is -2.14. The molecule has 4 nitrogen and oxygen atoms in total. The second-order valence-corrected chi connectivity index (χ2v) is 3.05. The molecule has 2 N–H and O–H groups in total. The first-order valence-corrected chi connectivity index (χ1v) is 4.56. The lowest BCUT2D eigenvalue weighted by atomic mass is 10.2. The minimum atomic E-state index is 0.430. The Hall–Kier alpha value is -0.870. The van der Waals surface area contributed by atoms with Crippen LogP contribution >= 0.6 is 0 Å². The largest absolute Gasteiger partial charge is 0.383 e. The molecule has 1 unspecified atom stereocenters. The first kappa shape index (κ1) is 10.2. The molecule has 1 atom stereocenters. The van der Waals surface area contributed by atoms with Gasteiger partial charge in [0.15, 0.2) is 0 Å². The molecule has 1 heterocycles. The standard InChI is InChI=1S/C9H17N3O/c1-3-9(7-13-2)10-4-8-5-11-12-6-8/h5-6,9-10H,3-4,7H2,1-2H3,(H,11,12). The Morgan fingerprint density at radius 3 is 3.08 bits per heavy atom. The lowest BCUT2D eigenvalue weighted by Crippen LogP contribution is -2.31. The van der Waals surface area contributed by atoms with Crippen LogP contribution in [0.15, 0.2) is 12.4 Å². The fourth-order valence-corrected chi connectivity index (χ4v) is 1.16. The molecule has 0 amide bonds. The van der Waals surface area contributed by atoms with Crippen LogP contribution in [0.4, 0.5) is 0 Å². The average molecular weight is 183 g/mol. The minimum absolute atomic E-state index is 0.430. The third kappa shape index (κ3) is 3.57. The molecule has 0 radical (unpaired) electrons. The van der Waals surface area contributed by atoms with Crippen LogP contribution in [0.5, 0.6) is 0 Å². The quantitative estimate of drug-likeness (QED) is 0.689. The summed E-state index contributed by atoms with van der Waals surface area (Å²) in [5, 5.41) is 10.0. The van der Waals surface area contributed by atoms with Crippen LogP contribution in [0.25, 0.3) is 0 Å². The van der Waals surface area contributed by atoms with Gasteiger partial charge in [-0.15, -0.1) is 0 Å². The van der Waals surface area contributed by atoms with Gasteiger partial charge in [-0.3, -0.25) is 5.10 Å². The first-order chi connectivity index (χ1) is 6.36. The van der Waals surface area contributed by atoms with E-state index in [4.69, 9.17) is 4.74 Å². The topological polar surface area (TPSA) is 49.9 Å². The third-order valence-electron chi connectivity index (χ3n) is 2.01.